The van der Waals surface area contributed by atoms with Gasteiger partial charge in [-0.05, 0) is 25.7 Å². The number of nitrogens with one attached hydrogen (secondary N) is 1. The van der Waals surface area contributed by atoms with E-state index in [1.807, 2.05) is 6.26 Å². The molecule has 104 valence electrons. The molecule has 2 unspecified atom stereocenters. The molecule has 0 fully saturated rings. The molecule has 2 aliphatic rings. The Labute approximate surface area is 116 Å². The summed E-state index contributed by atoms with van der Waals surface area (Å²) in [5.41, 5.74) is 0.530. The topological polar surface area (TPSA) is 75.6 Å². The van der Waals surface area contributed by atoms with Gasteiger partial charge in [-0.2, -0.15) is 11.8 Å². The van der Waals surface area contributed by atoms with Gasteiger partial charge in [0.2, 0.25) is 5.91 Å². The van der Waals surface area contributed by atoms with E-state index >= 15 is 0 Å². The lowest BCUT2D eigenvalue weighted by Crippen LogP contribution is -2.39. The van der Waals surface area contributed by atoms with Crippen LogP contribution in [-0.2, 0) is 14.3 Å². The zero-order valence-corrected chi connectivity index (χ0v) is 11.7. The lowest BCUT2D eigenvalue weighted by molar-refractivity contribution is -0.133. The van der Waals surface area contributed by atoms with E-state index in [1.54, 1.807) is 30.8 Å². The molecule has 6 heteroatoms. The van der Waals surface area contributed by atoms with Crippen molar-refractivity contribution >= 4 is 23.6 Å². The fourth-order valence-corrected chi connectivity index (χ4v) is 2.70. The van der Waals surface area contributed by atoms with E-state index in [-0.39, 0.29) is 23.7 Å². The van der Waals surface area contributed by atoms with Crippen LogP contribution in [0.15, 0.2) is 23.5 Å². The number of carbonyl (C=O) groups excluding carboxylic acids is 2. The highest BCUT2D eigenvalue weighted by Gasteiger charge is 2.37. The second kappa shape index (κ2) is 5.79. The Kier molecular flexibility index (Phi) is 4.31. The van der Waals surface area contributed by atoms with Gasteiger partial charge in [-0.25, -0.2) is 0 Å². The summed E-state index contributed by atoms with van der Waals surface area (Å²) in [7, 11) is 0. The second-order valence-corrected chi connectivity index (χ2v) is 5.59. The standard InChI is InChI=1S/C13H17NO4S/c1-7-3-4-8(13(17)14-12(7)16)10-5-9(15)11(18-10)6-19-2/h3,5,8,10-11,15H,4,6H2,1-2H3,(H,14,16,17)/t8-,10?,11?/m1/s1. The molecule has 2 rings (SSSR count). The second-order valence-electron chi connectivity index (χ2n) is 4.68. The normalized spacial score (nSPS) is 31.6. The molecule has 3 atom stereocenters. The van der Waals surface area contributed by atoms with Crippen LogP contribution in [0.5, 0.6) is 0 Å². The summed E-state index contributed by atoms with van der Waals surface area (Å²) < 4.78 is 5.69. The summed E-state index contributed by atoms with van der Waals surface area (Å²) in [6, 6.07) is 0. The van der Waals surface area contributed by atoms with E-state index in [0.717, 1.165) is 0 Å². The summed E-state index contributed by atoms with van der Waals surface area (Å²) in [5.74, 6) is -0.379. The van der Waals surface area contributed by atoms with Crippen LogP contribution in [-0.4, -0.2) is 41.1 Å². The van der Waals surface area contributed by atoms with Crippen LogP contribution in [0.25, 0.3) is 0 Å². The molecule has 0 aromatic heterocycles. The highest BCUT2D eigenvalue weighted by atomic mass is 32.2. The third-order valence-electron chi connectivity index (χ3n) is 3.31. The van der Waals surface area contributed by atoms with Gasteiger partial charge in [-0.15, -0.1) is 0 Å². The van der Waals surface area contributed by atoms with E-state index in [2.05, 4.69) is 5.32 Å². The summed E-state index contributed by atoms with van der Waals surface area (Å²) >= 11 is 1.56. The molecule has 2 aliphatic heterocycles. The van der Waals surface area contributed by atoms with Crippen molar-refractivity contribution in [3.63, 3.8) is 0 Å². The molecule has 2 N–H and O–H groups in total. The lowest BCUT2D eigenvalue weighted by atomic mass is 9.97. The summed E-state index contributed by atoms with van der Waals surface area (Å²) in [6.07, 6.45) is 4.83. The van der Waals surface area contributed by atoms with Gasteiger partial charge >= 0.3 is 0 Å². The number of aliphatic hydroxyl groups is 1. The Balaban J connectivity index is 2.11. The maximum Gasteiger partial charge on any atom is 0.253 e. The van der Waals surface area contributed by atoms with Crippen LogP contribution in [0.2, 0.25) is 0 Å². The largest absolute Gasteiger partial charge is 0.510 e. The average Bonchev–Trinajstić information content (AvgIpc) is 2.64. The average molecular weight is 283 g/mol. The first kappa shape index (κ1) is 14.1. The van der Waals surface area contributed by atoms with Crippen molar-refractivity contribution in [2.75, 3.05) is 12.0 Å². The zero-order chi connectivity index (χ0) is 14.0. The Morgan fingerprint density at radius 2 is 2.26 bits per heavy atom. The molecular formula is C13H17NO4S. The predicted molar refractivity (Wildman–Crippen MR) is 72.8 cm³/mol. The molecule has 0 aromatic carbocycles. The van der Waals surface area contributed by atoms with Gasteiger partial charge in [-0.3, -0.25) is 14.9 Å². The number of rotatable bonds is 3. The molecule has 0 bridgehead atoms. The van der Waals surface area contributed by atoms with Crippen LogP contribution in [0, 0.1) is 5.92 Å². The van der Waals surface area contributed by atoms with Crippen molar-refractivity contribution in [2.45, 2.75) is 25.6 Å². The molecular weight excluding hydrogens is 266 g/mol. The minimum atomic E-state index is -0.480. The van der Waals surface area contributed by atoms with Crippen LogP contribution in [0.4, 0.5) is 0 Å². The Hall–Kier alpha value is -1.27. The maximum absolute atomic E-state index is 12.0. The summed E-state index contributed by atoms with van der Waals surface area (Å²) in [5, 5.41) is 12.1. The van der Waals surface area contributed by atoms with Crippen molar-refractivity contribution in [3.8, 4) is 0 Å². The molecule has 5 nitrogen and oxygen atoms in total. The molecule has 0 aromatic rings. The number of thioether (sulfide) groups is 1. The first-order valence-electron chi connectivity index (χ1n) is 6.10. The van der Waals surface area contributed by atoms with Gasteiger partial charge in [0.25, 0.3) is 5.91 Å². The molecule has 0 saturated heterocycles. The first-order chi connectivity index (χ1) is 9.02. The van der Waals surface area contributed by atoms with Gasteiger partial charge < -0.3 is 9.84 Å². The van der Waals surface area contributed by atoms with Crippen LogP contribution >= 0.6 is 11.8 Å². The third-order valence-corrected chi connectivity index (χ3v) is 3.95. The molecule has 0 radical (unpaired) electrons. The summed E-state index contributed by atoms with van der Waals surface area (Å²) in [4.78, 5) is 23.5. The van der Waals surface area contributed by atoms with E-state index in [4.69, 9.17) is 4.74 Å². The molecule has 2 heterocycles. The number of allylic oxidation sites excluding steroid dienone is 1. The number of imide groups is 1. The van der Waals surface area contributed by atoms with E-state index < -0.39 is 12.0 Å². The van der Waals surface area contributed by atoms with Crippen LogP contribution in [0.1, 0.15) is 13.3 Å². The van der Waals surface area contributed by atoms with Crippen molar-refractivity contribution in [1.29, 1.82) is 0 Å². The lowest BCUT2D eigenvalue weighted by Gasteiger charge is -2.20. The van der Waals surface area contributed by atoms with Crippen molar-refractivity contribution in [2.24, 2.45) is 5.92 Å². The van der Waals surface area contributed by atoms with Crippen LogP contribution < -0.4 is 5.32 Å². The molecule has 19 heavy (non-hydrogen) atoms. The first-order valence-corrected chi connectivity index (χ1v) is 7.49. The van der Waals surface area contributed by atoms with Crippen molar-refractivity contribution in [1.82, 2.24) is 5.32 Å². The molecule has 0 saturated carbocycles. The van der Waals surface area contributed by atoms with Gasteiger partial charge in [0, 0.05) is 11.3 Å². The molecule has 0 aliphatic carbocycles. The Morgan fingerprint density at radius 1 is 1.53 bits per heavy atom. The zero-order valence-electron chi connectivity index (χ0n) is 10.9. The number of amides is 2. The Bertz CT molecular complexity index is 458. The fourth-order valence-electron chi connectivity index (χ4n) is 2.15. The van der Waals surface area contributed by atoms with E-state index in [9.17, 15) is 14.7 Å². The molecule has 2 amide bonds. The SMILES string of the molecule is CSCC1OC([C@H]2CC=C(C)C(=O)NC2=O)C=C1O. The minimum Gasteiger partial charge on any atom is -0.510 e. The minimum absolute atomic E-state index is 0.170. The number of aliphatic hydroxyl groups excluding tert-OH is 1. The summed E-state index contributed by atoms with van der Waals surface area (Å²) in [6.45, 7) is 1.67. The third kappa shape index (κ3) is 3.01. The van der Waals surface area contributed by atoms with Gasteiger partial charge in [0.05, 0.1) is 12.0 Å². The predicted octanol–water partition coefficient (Wildman–Crippen LogP) is 1.17. The van der Waals surface area contributed by atoms with Crippen molar-refractivity contribution in [3.05, 3.63) is 23.5 Å². The van der Waals surface area contributed by atoms with Gasteiger partial charge in [-0.1, -0.05) is 6.08 Å². The quantitative estimate of drug-likeness (QED) is 0.760. The number of hydrogen-bond acceptors (Lipinski definition) is 5. The van der Waals surface area contributed by atoms with Crippen molar-refractivity contribution < 1.29 is 19.4 Å². The maximum atomic E-state index is 12.0. The van der Waals surface area contributed by atoms with E-state index in [1.165, 1.54) is 0 Å². The number of carbonyl (C=O) groups is 2. The smallest absolute Gasteiger partial charge is 0.253 e. The van der Waals surface area contributed by atoms with Gasteiger partial charge in [0.1, 0.15) is 11.9 Å². The van der Waals surface area contributed by atoms with E-state index in [0.29, 0.717) is 17.7 Å². The number of hydrogen-bond donors (Lipinski definition) is 2. The fraction of sp³-hybridized carbons (Fsp3) is 0.538. The monoisotopic (exact) mass is 283 g/mol. The number of ether oxygens (including phenoxy) is 1. The van der Waals surface area contributed by atoms with Crippen LogP contribution in [0.3, 0.4) is 0 Å². The highest BCUT2D eigenvalue weighted by molar-refractivity contribution is 7.98. The highest BCUT2D eigenvalue weighted by Crippen LogP contribution is 2.28. The molecule has 0 spiro atoms. The Morgan fingerprint density at radius 3 is 2.95 bits per heavy atom. The van der Waals surface area contributed by atoms with Gasteiger partial charge in [0.15, 0.2) is 0 Å².